The van der Waals surface area contributed by atoms with Crippen molar-refractivity contribution in [2.24, 2.45) is 0 Å². The molecule has 1 atom stereocenters. The molecule has 2 heterocycles. The third-order valence-corrected chi connectivity index (χ3v) is 4.35. The van der Waals surface area contributed by atoms with E-state index in [0.29, 0.717) is 12.1 Å². The number of benzene rings is 1. The summed E-state index contributed by atoms with van der Waals surface area (Å²) in [4.78, 5) is 19.4. The van der Waals surface area contributed by atoms with Gasteiger partial charge in [0.1, 0.15) is 0 Å². The second kappa shape index (κ2) is 7.75. The molecule has 3 aromatic rings. The third kappa shape index (κ3) is 3.76. The van der Waals surface area contributed by atoms with Crippen molar-refractivity contribution in [3.63, 3.8) is 0 Å². The lowest BCUT2D eigenvalue weighted by molar-refractivity contribution is 0.0671. The molecule has 1 aromatic carbocycles. The lowest BCUT2D eigenvalue weighted by Gasteiger charge is -2.29. The molecule has 0 unspecified atom stereocenters. The summed E-state index contributed by atoms with van der Waals surface area (Å²) in [5.74, 6) is 0.00398. The van der Waals surface area contributed by atoms with Gasteiger partial charge in [-0.3, -0.25) is 9.78 Å². The first-order chi connectivity index (χ1) is 12.2. The van der Waals surface area contributed by atoms with Gasteiger partial charge < -0.3 is 4.90 Å². The van der Waals surface area contributed by atoms with E-state index in [1.165, 1.54) is 0 Å². The number of pyridine rings is 1. The summed E-state index contributed by atoms with van der Waals surface area (Å²) in [5.41, 5.74) is 2.46. The van der Waals surface area contributed by atoms with Crippen molar-refractivity contribution in [3.05, 3.63) is 78.4 Å². The fourth-order valence-electron chi connectivity index (χ4n) is 2.76. The number of carbonyl (C=O) groups is 1. The largest absolute Gasteiger partial charge is 0.332 e. The zero-order valence-corrected chi connectivity index (χ0v) is 14.5. The van der Waals surface area contributed by atoms with Crippen molar-refractivity contribution >= 4 is 5.91 Å². The van der Waals surface area contributed by atoms with Gasteiger partial charge in [-0.1, -0.05) is 25.1 Å². The molecule has 0 N–H and O–H groups in total. The number of aromatic nitrogens is 3. The molecule has 0 aliphatic carbocycles. The molecule has 0 radical (unpaired) electrons. The van der Waals surface area contributed by atoms with Gasteiger partial charge in [0.25, 0.3) is 5.91 Å². The Bertz CT molecular complexity index is 815. The maximum Gasteiger partial charge on any atom is 0.256 e. The van der Waals surface area contributed by atoms with Crippen LogP contribution >= 0.6 is 0 Å². The van der Waals surface area contributed by atoms with Crippen LogP contribution in [0.2, 0.25) is 0 Å². The molecule has 5 nitrogen and oxygen atoms in total. The van der Waals surface area contributed by atoms with Crippen LogP contribution in [0.25, 0.3) is 5.69 Å². The van der Waals surface area contributed by atoms with Gasteiger partial charge in [-0.05, 0) is 43.2 Å². The van der Waals surface area contributed by atoms with Crippen molar-refractivity contribution in [2.75, 3.05) is 0 Å². The lowest BCUT2D eigenvalue weighted by atomic mass is 10.1. The zero-order valence-electron chi connectivity index (χ0n) is 14.5. The summed E-state index contributed by atoms with van der Waals surface area (Å²) in [6, 6.07) is 13.4. The van der Waals surface area contributed by atoms with Gasteiger partial charge >= 0.3 is 0 Å². The predicted molar refractivity (Wildman–Crippen MR) is 97.4 cm³/mol. The Balaban J connectivity index is 1.96. The van der Waals surface area contributed by atoms with Gasteiger partial charge in [0.15, 0.2) is 0 Å². The van der Waals surface area contributed by atoms with Crippen LogP contribution in [-0.4, -0.2) is 31.6 Å². The van der Waals surface area contributed by atoms with Gasteiger partial charge in [0.05, 0.1) is 11.3 Å². The number of nitrogens with zero attached hydrogens (tertiary/aromatic N) is 4. The van der Waals surface area contributed by atoms with Crippen LogP contribution in [0.15, 0.2) is 67.3 Å². The van der Waals surface area contributed by atoms with E-state index >= 15 is 0 Å². The van der Waals surface area contributed by atoms with E-state index in [1.807, 2.05) is 59.8 Å². The highest BCUT2D eigenvalue weighted by atomic mass is 16.2. The summed E-state index contributed by atoms with van der Waals surface area (Å²) < 4.78 is 1.73. The Morgan fingerprint density at radius 1 is 1.16 bits per heavy atom. The summed E-state index contributed by atoms with van der Waals surface area (Å²) in [7, 11) is 0. The zero-order chi connectivity index (χ0) is 17.6. The number of rotatable bonds is 6. The van der Waals surface area contributed by atoms with Gasteiger partial charge in [0.2, 0.25) is 0 Å². The standard InChI is InChI=1S/C20H22N4O/c1-3-16(2)23(15-17-8-6-11-21-14-17)20(25)18-9-4-5-10-19(18)24-13-7-12-22-24/h4-14,16H,3,15H2,1-2H3/t16-/m0/s1. The van der Waals surface area contributed by atoms with E-state index in [0.717, 1.165) is 17.7 Å². The van der Waals surface area contributed by atoms with Crippen molar-refractivity contribution in [3.8, 4) is 5.69 Å². The Morgan fingerprint density at radius 3 is 2.68 bits per heavy atom. The molecule has 0 saturated heterocycles. The van der Waals surface area contributed by atoms with Crippen LogP contribution in [0.4, 0.5) is 0 Å². The minimum atomic E-state index is 0.00398. The smallest absolute Gasteiger partial charge is 0.256 e. The molecular formula is C20H22N4O. The number of carbonyl (C=O) groups excluding carboxylic acids is 1. The van der Waals surface area contributed by atoms with Crippen LogP contribution in [0.3, 0.4) is 0 Å². The first-order valence-corrected chi connectivity index (χ1v) is 8.49. The number of hydrogen-bond donors (Lipinski definition) is 0. The van der Waals surface area contributed by atoms with Gasteiger partial charge in [-0.2, -0.15) is 5.10 Å². The molecule has 5 heteroatoms. The molecule has 2 aromatic heterocycles. The van der Waals surface area contributed by atoms with E-state index in [9.17, 15) is 4.79 Å². The van der Waals surface area contributed by atoms with E-state index in [-0.39, 0.29) is 11.9 Å². The van der Waals surface area contributed by atoms with E-state index in [2.05, 4.69) is 23.9 Å². The van der Waals surface area contributed by atoms with Crippen LogP contribution in [0.5, 0.6) is 0 Å². The minimum Gasteiger partial charge on any atom is -0.332 e. The Morgan fingerprint density at radius 2 is 2.00 bits per heavy atom. The van der Waals surface area contributed by atoms with E-state index in [4.69, 9.17) is 0 Å². The van der Waals surface area contributed by atoms with Crippen molar-refractivity contribution < 1.29 is 4.79 Å². The third-order valence-electron chi connectivity index (χ3n) is 4.35. The first kappa shape index (κ1) is 16.9. The number of para-hydroxylation sites is 1. The minimum absolute atomic E-state index is 0.00398. The topological polar surface area (TPSA) is 51.0 Å². The highest BCUT2D eigenvalue weighted by molar-refractivity contribution is 5.97. The van der Waals surface area contributed by atoms with Crippen LogP contribution in [0, 0.1) is 0 Å². The summed E-state index contributed by atoms with van der Waals surface area (Å²) in [6.45, 7) is 4.70. The predicted octanol–water partition coefficient (Wildman–Crippen LogP) is 3.71. The number of amides is 1. The maximum atomic E-state index is 13.3. The molecule has 0 aliphatic heterocycles. The molecule has 3 rings (SSSR count). The molecule has 25 heavy (non-hydrogen) atoms. The van der Waals surface area contributed by atoms with Gasteiger partial charge in [-0.25, -0.2) is 4.68 Å². The Labute approximate surface area is 147 Å². The van der Waals surface area contributed by atoms with E-state index < -0.39 is 0 Å². The van der Waals surface area contributed by atoms with Crippen LogP contribution < -0.4 is 0 Å². The van der Waals surface area contributed by atoms with E-state index in [1.54, 1.807) is 17.1 Å². The highest BCUT2D eigenvalue weighted by Crippen LogP contribution is 2.20. The fourth-order valence-corrected chi connectivity index (χ4v) is 2.76. The number of hydrogen-bond acceptors (Lipinski definition) is 3. The van der Waals surface area contributed by atoms with Crippen molar-refractivity contribution in [2.45, 2.75) is 32.9 Å². The van der Waals surface area contributed by atoms with Crippen LogP contribution in [-0.2, 0) is 6.54 Å². The molecule has 0 fully saturated rings. The average molecular weight is 334 g/mol. The first-order valence-electron chi connectivity index (χ1n) is 8.49. The maximum absolute atomic E-state index is 13.3. The van der Waals surface area contributed by atoms with Crippen molar-refractivity contribution in [1.29, 1.82) is 0 Å². The van der Waals surface area contributed by atoms with Crippen LogP contribution in [0.1, 0.15) is 36.2 Å². The normalized spacial score (nSPS) is 11.9. The summed E-state index contributed by atoms with van der Waals surface area (Å²) in [6.07, 6.45) is 7.99. The fraction of sp³-hybridized carbons (Fsp3) is 0.250. The summed E-state index contributed by atoms with van der Waals surface area (Å²) in [5, 5.41) is 4.27. The average Bonchev–Trinajstić information content (AvgIpc) is 3.20. The second-order valence-electron chi connectivity index (χ2n) is 6.02. The molecule has 128 valence electrons. The monoisotopic (exact) mass is 334 g/mol. The second-order valence-corrected chi connectivity index (χ2v) is 6.02. The highest BCUT2D eigenvalue weighted by Gasteiger charge is 2.23. The quantitative estimate of drug-likeness (QED) is 0.690. The molecular weight excluding hydrogens is 312 g/mol. The van der Waals surface area contributed by atoms with Gasteiger partial charge in [-0.15, -0.1) is 0 Å². The molecule has 0 saturated carbocycles. The lowest BCUT2D eigenvalue weighted by Crippen LogP contribution is -2.38. The van der Waals surface area contributed by atoms with Crippen molar-refractivity contribution in [1.82, 2.24) is 19.7 Å². The molecule has 0 aliphatic rings. The Kier molecular flexibility index (Phi) is 5.23. The SMILES string of the molecule is CC[C@H](C)N(Cc1cccnc1)C(=O)c1ccccc1-n1cccn1. The Hall–Kier alpha value is -2.95. The molecule has 1 amide bonds. The molecule has 0 spiro atoms. The van der Waals surface area contributed by atoms with Gasteiger partial charge in [0, 0.05) is 37.4 Å². The summed E-state index contributed by atoms with van der Waals surface area (Å²) >= 11 is 0. The molecule has 0 bridgehead atoms.